The third-order valence-electron chi connectivity index (χ3n) is 5.99. The molecule has 0 amide bonds. The summed E-state index contributed by atoms with van der Waals surface area (Å²) in [6.07, 6.45) is -4.44. The van der Waals surface area contributed by atoms with Gasteiger partial charge in [-0.3, -0.25) is 0 Å². The van der Waals surface area contributed by atoms with Gasteiger partial charge in [0.15, 0.2) is 0 Å². The van der Waals surface area contributed by atoms with Gasteiger partial charge in [0.1, 0.15) is 30.5 Å². The van der Waals surface area contributed by atoms with E-state index in [1.165, 1.54) is 0 Å². The molecule has 0 aliphatic carbocycles. The van der Waals surface area contributed by atoms with E-state index in [9.17, 15) is 20.4 Å². The van der Waals surface area contributed by atoms with Crippen LogP contribution in [0.5, 0.6) is 0 Å². The van der Waals surface area contributed by atoms with Gasteiger partial charge in [0.2, 0.25) is 0 Å². The second-order valence-corrected chi connectivity index (χ2v) is 8.71. The molecule has 2 saturated heterocycles. The van der Waals surface area contributed by atoms with E-state index < -0.39 is 37.1 Å². The van der Waals surface area contributed by atoms with E-state index >= 15 is 0 Å². The van der Waals surface area contributed by atoms with Crippen LogP contribution in [0.4, 0.5) is 0 Å². The van der Waals surface area contributed by atoms with Crippen LogP contribution in [0.3, 0.4) is 0 Å². The van der Waals surface area contributed by atoms with Crippen LogP contribution < -0.4 is 0 Å². The molecule has 2 aliphatic rings. The van der Waals surface area contributed by atoms with Gasteiger partial charge in [0.05, 0.1) is 13.2 Å². The van der Waals surface area contributed by atoms with Gasteiger partial charge in [0.25, 0.3) is 0 Å². The van der Waals surface area contributed by atoms with Crippen LogP contribution in [0.1, 0.15) is 34.8 Å². The maximum atomic E-state index is 10.4. The molecule has 0 radical (unpaired) electrons. The predicted octanol–water partition coefficient (Wildman–Crippen LogP) is 1.83. The van der Waals surface area contributed by atoms with Gasteiger partial charge in [-0.25, -0.2) is 0 Å². The Morgan fingerprint density at radius 2 is 1.78 bits per heavy atom. The summed E-state index contributed by atoms with van der Waals surface area (Å²) in [6, 6.07) is 13.2. The average Bonchev–Trinajstić information content (AvgIpc) is 3.33. The predicted molar refractivity (Wildman–Crippen MR) is 119 cm³/mol. The molecule has 0 bridgehead atoms. The summed E-state index contributed by atoms with van der Waals surface area (Å²) in [5.74, 6) is 6.75. The number of ether oxygens (including phenoxy) is 2. The Hall–Kier alpha value is -1.95. The van der Waals surface area contributed by atoms with Crippen molar-refractivity contribution >= 4 is 11.6 Å². The lowest BCUT2D eigenvalue weighted by Gasteiger charge is -2.40. The Morgan fingerprint density at radius 1 is 1.00 bits per heavy atom. The molecular weight excluding hydrogens is 432 g/mol. The van der Waals surface area contributed by atoms with Crippen LogP contribution in [-0.4, -0.2) is 64.7 Å². The molecule has 4 rings (SSSR count). The SMILES string of the molecule is OC[C@H]1O[C@@H](c2ccc(Cl)c(Cc3ccc(C#C[C@H]4CCOC4)cc3)c2)[C@H](O)[C@@H](O)[C@@H]1O. The van der Waals surface area contributed by atoms with Crippen LogP contribution in [0, 0.1) is 17.8 Å². The molecule has 2 aromatic rings. The van der Waals surface area contributed by atoms with Crippen LogP contribution in [-0.2, 0) is 15.9 Å². The summed E-state index contributed by atoms with van der Waals surface area (Å²) >= 11 is 6.42. The first-order chi connectivity index (χ1) is 15.5. The van der Waals surface area contributed by atoms with Crippen LogP contribution in [0.2, 0.25) is 5.02 Å². The van der Waals surface area contributed by atoms with Crippen molar-refractivity contribution in [3.8, 4) is 11.8 Å². The summed E-state index contributed by atoms with van der Waals surface area (Å²) in [5, 5.41) is 40.5. The first kappa shape index (κ1) is 23.2. The molecule has 7 heteroatoms. The zero-order valence-electron chi connectivity index (χ0n) is 17.5. The van der Waals surface area contributed by atoms with Gasteiger partial charge in [-0.2, -0.15) is 0 Å². The van der Waals surface area contributed by atoms with Crippen molar-refractivity contribution in [1.82, 2.24) is 0 Å². The number of aliphatic hydroxyl groups is 4. The highest BCUT2D eigenvalue weighted by Gasteiger charge is 2.44. The second kappa shape index (κ2) is 10.3. The molecule has 2 aliphatic heterocycles. The minimum Gasteiger partial charge on any atom is -0.394 e. The highest BCUT2D eigenvalue weighted by Crippen LogP contribution is 2.34. The summed E-state index contributed by atoms with van der Waals surface area (Å²) in [7, 11) is 0. The summed E-state index contributed by atoms with van der Waals surface area (Å²) in [5.41, 5.74) is 3.44. The van der Waals surface area contributed by atoms with Crippen molar-refractivity contribution in [1.29, 1.82) is 0 Å². The lowest BCUT2D eigenvalue weighted by atomic mass is 9.90. The molecule has 32 heavy (non-hydrogen) atoms. The third kappa shape index (κ3) is 5.16. The fourth-order valence-electron chi connectivity index (χ4n) is 4.04. The molecule has 0 unspecified atom stereocenters. The van der Waals surface area contributed by atoms with E-state index in [2.05, 4.69) is 11.8 Å². The van der Waals surface area contributed by atoms with E-state index in [4.69, 9.17) is 21.1 Å². The Morgan fingerprint density at radius 3 is 2.47 bits per heavy atom. The summed E-state index contributed by atoms with van der Waals surface area (Å²) in [6.45, 7) is 1.01. The van der Waals surface area contributed by atoms with Crippen LogP contribution in [0.15, 0.2) is 42.5 Å². The molecule has 170 valence electrons. The van der Waals surface area contributed by atoms with Crippen molar-refractivity contribution in [2.75, 3.05) is 19.8 Å². The molecule has 6 atom stereocenters. The number of halogens is 1. The van der Waals surface area contributed by atoms with Crippen molar-refractivity contribution in [3.63, 3.8) is 0 Å². The third-order valence-corrected chi connectivity index (χ3v) is 6.36. The maximum Gasteiger partial charge on any atom is 0.113 e. The van der Waals surface area contributed by atoms with Crippen molar-refractivity contribution in [3.05, 3.63) is 69.7 Å². The number of aliphatic hydroxyl groups excluding tert-OH is 4. The van der Waals surface area contributed by atoms with Crippen molar-refractivity contribution in [2.24, 2.45) is 5.92 Å². The van der Waals surface area contributed by atoms with Gasteiger partial charge >= 0.3 is 0 Å². The standard InChI is InChI=1S/C25H27ClO6/c26-20-8-7-18(25-24(30)23(29)22(28)21(13-27)32-25)12-19(20)11-16-4-1-15(2-5-16)3-6-17-9-10-31-14-17/h1-2,4-5,7-8,12,17,21-25,27-30H,9-11,13-14H2/t17-,21+,22+,23-,24+,25-/m0/s1. The Kier molecular flexibility index (Phi) is 7.49. The Labute approximate surface area is 192 Å². The second-order valence-electron chi connectivity index (χ2n) is 8.30. The fraction of sp³-hybridized carbons (Fsp3) is 0.440. The Balaban J connectivity index is 1.49. The highest BCUT2D eigenvalue weighted by molar-refractivity contribution is 6.31. The molecule has 6 nitrogen and oxygen atoms in total. The normalized spacial score (nSPS) is 30.0. The van der Waals surface area contributed by atoms with Gasteiger partial charge in [-0.1, -0.05) is 47.7 Å². The minimum atomic E-state index is -1.42. The maximum absolute atomic E-state index is 10.4. The molecule has 2 heterocycles. The average molecular weight is 459 g/mol. The smallest absolute Gasteiger partial charge is 0.113 e. The van der Waals surface area contributed by atoms with Crippen molar-refractivity contribution in [2.45, 2.75) is 43.4 Å². The van der Waals surface area contributed by atoms with Crippen molar-refractivity contribution < 1.29 is 29.9 Å². The largest absolute Gasteiger partial charge is 0.394 e. The van der Waals surface area contributed by atoms with Gasteiger partial charge < -0.3 is 29.9 Å². The first-order valence-corrected chi connectivity index (χ1v) is 11.1. The monoisotopic (exact) mass is 458 g/mol. The quantitative estimate of drug-likeness (QED) is 0.522. The van der Waals surface area contributed by atoms with Gasteiger partial charge in [-0.15, -0.1) is 0 Å². The van der Waals surface area contributed by atoms with E-state index in [1.54, 1.807) is 12.1 Å². The topological polar surface area (TPSA) is 99.4 Å². The molecule has 0 spiro atoms. The van der Waals surface area contributed by atoms with E-state index in [-0.39, 0.29) is 0 Å². The van der Waals surface area contributed by atoms with Crippen LogP contribution in [0.25, 0.3) is 0 Å². The molecule has 4 N–H and O–H groups in total. The van der Waals surface area contributed by atoms with E-state index in [0.29, 0.717) is 29.5 Å². The molecule has 2 aromatic carbocycles. The number of hydrogen-bond acceptors (Lipinski definition) is 6. The van der Waals surface area contributed by atoms with E-state index in [1.807, 2.05) is 30.3 Å². The van der Waals surface area contributed by atoms with Gasteiger partial charge in [-0.05, 0) is 47.7 Å². The summed E-state index contributed by atoms with van der Waals surface area (Å²) < 4.78 is 11.0. The zero-order chi connectivity index (χ0) is 22.7. The highest BCUT2D eigenvalue weighted by atomic mass is 35.5. The fourth-order valence-corrected chi connectivity index (χ4v) is 4.23. The number of benzene rings is 2. The number of rotatable bonds is 4. The minimum absolute atomic E-state index is 0.304. The van der Waals surface area contributed by atoms with Gasteiger partial charge in [0, 0.05) is 23.1 Å². The molecule has 0 aromatic heterocycles. The summed E-state index contributed by atoms with van der Waals surface area (Å²) in [4.78, 5) is 0. The lowest BCUT2D eigenvalue weighted by Crippen LogP contribution is -2.55. The Bertz CT molecular complexity index is 974. The molecule has 2 fully saturated rings. The molecular formula is C25H27ClO6. The first-order valence-electron chi connectivity index (χ1n) is 10.7. The number of hydrogen-bond donors (Lipinski definition) is 4. The lowest BCUT2D eigenvalue weighted by molar-refractivity contribution is -0.231. The zero-order valence-corrected chi connectivity index (χ0v) is 18.3. The van der Waals surface area contributed by atoms with E-state index in [0.717, 1.165) is 29.7 Å². The molecule has 0 saturated carbocycles. The van der Waals surface area contributed by atoms with Crippen LogP contribution >= 0.6 is 11.6 Å².